The summed E-state index contributed by atoms with van der Waals surface area (Å²) in [5.41, 5.74) is 4.08. The van der Waals surface area contributed by atoms with Crippen LogP contribution in [-0.2, 0) is 12.6 Å². The van der Waals surface area contributed by atoms with Gasteiger partial charge in [-0.25, -0.2) is 14.2 Å². The van der Waals surface area contributed by atoms with E-state index in [0.29, 0.717) is 36.4 Å². The van der Waals surface area contributed by atoms with Crippen molar-refractivity contribution in [2.24, 2.45) is 13.0 Å². The number of rotatable bonds is 3. The summed E-state index contributed by atoms with van der Waals surface area (Å²) in [5, 5.41) is 3.24. The number of aromatic nitrogens is 6. The first kappa shape index (κ1) is 17.0. The Kier molecular flexibility index (Phi) is 3.28. The van der Waals surface area contributed by atoms with E-state index < -0.39 is 11.7 Å². The number of hydrogen-bond acceptors (Lipinski definition) is 7. The summed E-state index contributed by atoms with van der Waals surface area (Å²) in [5.74, 6) is 0.460. The maximum absolute atomic E-state index is 14.2. The van der Waals surface area contributed by atoms with Crippen molar-refractivity contribution in [1.29, 1.82) is 0 Å². The van der Waals surface area contributed by atoms with Gasteiger partial charge < -0.3 is 5.32 Å². The van der Waals surface area contributed by atoms with E-state index in [-0.39, 0.29) is 11.6 Å². The van der Waals surface area contributed by atoms with E-state index in [1.54, 1.807) is 22.4 Å². The minimum Gasteiger partial charge on any atom is -0.324 e. The fourth-order valence-electron chi connectivity index (χ4n) is 4.93. The number of hydrogen-bond donors (Lipinski definition) is 1. The van der Waals surface area contributed by atoms with E-state index in [0.717, 1.165) is 22.3 Å². The molecule has 10 heteroatoms. The minimum atomic E-state index is -0.835. The lowest BCUT2D eigenvalue weighted by Crippen LogP contribution is -2.45. The highest BCUT2D eigenvalue weighted by atomic mass is 32.1. The van der Waals surface area contributed by atoms with Gasteiger partial charge in [0.25, 0.3) is 0 Å². The molecule has 8 nitrogen and oxygen atoms in total. The largest absolute Gasteiger partial charge is 0.330 e. The third kappa shape index (κ3) is 2.26. The predicted octanol–water partition coefficient (Wildman–Crippen LogP) is 3.03. The van der Waals surface area contributed by atoms with Crippen molar-refractivity contribution < 1.29 is 4.39 Å². The maximum Gasteiger partial charge on any atom is 0.330 e. The van der Waals surface area contributed by atoms with Crippen LogP contribution in [0, 0.1) is 12.8 Å². The molecule has 1 atom stereocenters. The topological polar surface area (TPSA) is 90.5 Å². The zero-order chi connectivity index (χ0) is 19.9. The Hall–Kier alpha value is -2.88. The second-order valence-corrected chi connectivity index (χ2v) is 8.77. The smallest absolute Gasteiger partial charge is 0.324 e. The highest BCUT2D eigenvalue weighted by Gasteiger charge is 2.59. The first-order chi connectivity index (χ1) is 13.9. The van der Waals surface area contributed by atoms with Crippen LogP contribution in [0.4, 0.5) is 16.0 Å². The molecule has 0 amide bonds. The average molecular weight is 411 g/mol. The number of halogens is 1. The van der Waals surface area contributed by atoms with Crippen molar-refractivity contribution in [3.63, 3.8) is 0 Å². The number of anilines is 2. The van der Waals surface area contributed by atoms with E-state index in [1.807, 2.05) is 19.1 Å². The molecular formula is C19H18FN7OS. The van der Waals surface area contributed by atoms with Gasteiger partial charge in [-0.05, 0) is 43.4 Å². The van der Waals surface area contributed by atoms with Crippen molar-refractivity contribution >= 4 is 45.6 Å². The Morgan fingerprint density at radius 2 is 2.00 bits per heavy atom. The number of aryl methyl sites for hydroxylation is 2. The highest BCUT2D eigenvalue weighted by Crippen LogP contribution is 2.58. The lowest BCUT2D eigenvalue weighted by Gasteiger charge is -2.38. The summed E-state index contributed by atoms with van der Waals surface area (Å²) in [7, 11) is 1.71. The molecule has 0 saturated heterocycles. The van der Waals surface area contributed by atoms with Crippen LogP contribution in [0.1, 0.15) is 24.8 Å². The fourth-order valence-corrected chi connectivity index (χ4v) is 5.44. The average Bonchev–Trinajstić information content (AvgIpc) is 3.38. The van der Waals surface area contributed by atoms with Gasteiger partial charge in [0.2, 0.25) is 5.95 Å². The van der Waals surface area contributed by atoms with Crippen LogP contribution in [0.25, 0.3) is 22.2 Å². The summed E-state index contributed by atoms with van der Waals surface area (Å²) in [6.45, 7) is 1.98. The van der Waals surface area contributed by atoms with Gasteiger partial charge in [0, 0.05) is 19.2 Å². The van der Waals surface area contributed by atoms with Gasteiger partial charge in [0.1, 0.15) is 22.7 Å². The lowest BCUT2D eigenvalue weighted by atomic mass is 9.77. The molecular weight excluding hydrogens is 393 g/mol. The zero-order valence-electron chi connectivity index (χ0n) is 15.9. The fraction of sp³-hybridized carbons (Fsp3) is 0.421. The van der Waals surface area contributed by atoms with Gasteiger partial charge in [-0.3, -0.25) is 9.13 Å². The van der Waals surface area contributed by atoms with Gasteiger partial charge in [0.15, 0.2) is 5.65 Å². The number of nitrogens with one attached hydrogen (secondary N) is 1. The molecule has 1 N–H and O–H groups in total. The van der Waals surface area contributed by atoms with Gasteiger partial charge in [-0.15, -0.1) is 0 Å². The summed E-state index contributed by atoms with van der Waals surface area (Å²) in [6.07, 6.45) is 2.60. The van der Waals surface area contributed by atoms with Crippen LogP contribution in [0.2, 0.25) is 0 Å². The van der Waals surface area contributed by atoms with Crippen LogP contribution < -0.4 is 11.0 Å². The van der Waals surface area contributed by atoms with Crippen LogP contribution >= 0.6 is 11.7 Å². The van der Waals surface area contributed by atoms with Crippen molar-refractivity contribution in [2.75, 3.05) is 5.32 Å². The number of fused-ring (bicyclic) bond motifs is 3. The van der Waals surface area contributed by atoms with Crippen molar-refractivity contribution in [3.05, 3.63) is 34.4 Å². The molecule has 1 aromatic carbocycles. The van der Waals surface area contributed by atoms with Gasteiger partial charge >= 0.3 is 5.69 Å². The van der Waals surface area contributed by atoms with E-state index in [2.05, 4.69) is 24.0 Å². The van der Waals surface area contributed by atoms with E-state index in [4.69, 9.17) is 0 Å². The number of imidazole rings is 1. The molecule has 0 spiro atoms. The Labute approximate surface area is 168 Å². The summed E-state index contributed by atoms with van der Waals surface area (Å²) in [4.78, 5) is 22.0. The van der Waals surface area contributed by atoms with Crippen molar-refractivity contribution in [3.8, 4) is 0 Å². The Balaban J connectivity index is 1.46. The summed E-state index contributed by atoms with van der Waals surface area (Å²) < 4.78 is 25.9. The summed E-state index contributed by atoms with van der Waals surface area (Å²) >= 11 is 1.17. The number of alkyl halides is 1. The molecule has 0 radical (unpaired) electrons. The van der Waals surface area contributed by atoms with Gasteiger partial charge in [-0.2, -0.15) is 13.7 Å². The molecule has 0 unspecified atom stereocenters. The molecule has 3 heterocycles. The number of nitrogens with zero attached hydrogens (tertiary/aromatic N) is 6. The molecule has 29 heavy (non-hydrogen) atoms. The van der Waals surface area contributed by atoms with Crippen molar-refractivity contribution in [1.82, 2.24) is 27.8 Å². The molecule has 3 aliphatic rings. The third-order valence-electron chi connectivity index (χ3n) is 6.49. The molecule has 2 bridgehead atoms. The minimum absolute atomic E-state index is 0.0673. The second kappa shape index (κ2) is 5.59. The highest BCUT2D eigenvalue weighted by molar-refractivity contribution is 7.00. The quantitative estimate of drug-likeness (QED) is 0.557. The predicted molar refractivity (Wildman–Crippen MR) is 108 cm³/mol. The van der Waals surface area contributed by atoms with Crippen LogP contribution in [-0.4, -0.2) is 34.0 Å². The van der Waals surface area contributed by atoms with Crippen LogP contribution in [0.3, 0.4) is 0 Å². The van der Waals surface area contributed by atoms with Crippen LogP contribution in [0.5, 0.6) is 0 Å². The SMILES string of the molecule is Cc1cc2nsnc2cc1Nc1ncc2c(n1)n(C13CC(C1)[C@@H](F)C3)c(=O)n2C. The van der Waals surface area contributed by atoms with Crippen molar-refractivity contribution in [2.45, 2.75) is 37.9 Å². The zero-order valence-corrected chi connectivity index (χ0v) is 16.7. The van der Waals surface area contributed by atoms with Gasteiger partial charge in [0.05, 0.1) is 23.5 Å². The second-order valence-electron chi connectivity index (χ2n) is 8.24. The van der Waals surface area contributed by atoms with E-state index in [9.17, 15) is 9.18 Å². The first-order valence-corrected chi connectivity index (χ1v) is 10.3. The molecule has 3 aromatic heterocycles. The molecule has 3 aliphatic carbocycles. The molecule has 3 fully saturated rings. The maximum atomic E-state index is 14.2. The van der Waals surface area contributed by atoms with Gasteiger partial charge in [-0.1, -0.05) is 0 Å². The Bertz CT molecular complexity index is 1350. The molecule has 4 aromatic rings. The molecule has 0 aliphatic heterocycles. The summed E-state index contributed by atoms with van der Waals surface area (Å²) in [6, 6.07) is 3.88. The molecule has 3 saturated carbocycles. The molecule has 148 valence electrons. The standard InChI is InChI=1S/C19H18FN7OS/c1-9-3-13-14(25-29-24-13)4-12(9)22-17-21-8-15-16(23-17)27(18(28)26(15)2)19-5-10(6-19)11(20)7-19/h3-4,8,10-11H,5-7H2,1-2H3,(H,21,22,23)/t10?,11-,19?/m0/s1. The lowest BCUT2D eigenvalue weighted by molar-refractivity contribution is 0.139. The first-order valence-electron chi connectivity index (χ1n) is 9.54. The van der Waals surface area contributed by atoms with E-state index >= 15 is 0 Å². The third-order valence-corrected chi connectivity index (χ3v) is 7.05. The Morgan fingerprint density at radius 1 is 1.24 bits per heavy atom. The van der Waals surface area contributed by atoms with Crippen LogP contribution in [0.15, 0.2) is 23.1 Å². The normalized spacial score (nSPS) is 25.6. The molecule has 7 rings (SSSR count). The number of benzene rings is 1. The Morgan fingerprint density at radius 3 is 2.72 bits per heavy atom. The van der Waals surface area contributed by atoms with E-state index in [1.165, 1.54) is 11.7 Å². The monoisotopic (exact) mass is 411 g/mol.